The quantitative estimate of drug-likeness (QED) is 0.0195. The number of quaternary nitrogens is 1. The molecule has 460 valence electrons. The van der Waals surface area contributed by atoms with E-state index in [2.05, 4.69) is 123 Å². The molecule has 0 saturated heterocycles. The van der Waals surface area contributed by atoms with Crippen molar-refractivity contribution in [3.63, 3.8) is 0 Å². The maximum absolute atomic E-state index is 12.8. The second-order valence-electron chi connectivity index (χ2n) is 22.7. The van der Waals surface area contributed by atoms with Crippen LogP contribution in [-0.4, -0.2) is 70.0 Å². The number of ether oxygens (including phenoxy) is 2. The van der Waals surface area contributed by atoms with Gasteiger partial charge in [-0.25, -0.2) is 0 Å². The molecular formula is C70H122NO8P. The molecule has 9 nitrogen and oxygen atoms in total. The van der Waals surface area contributed by atoms with Crippen molar-refractivity contribution in [1.82, 2.24) is 0 Å². The number of nitrogens with zero attached hydrogens (tertiary/aromatic N) is 1. The van der Waals surface area contributed by atoms with E-state index in [1.54, 1.807) is 0 Å². The van der Waals surface area contributed by atoms with Gasteiger partial charge in [-0.2, -0.15) is 0 Å². The molecule has 0 amide bonds. The van der Waals surface area contributed by atoms with E-state index in [0.717, 1.165) is 96.3 Å². The number of likely N-dealkylation sites (N-methyl/N-ethyl adjacent to an activating group) is 1. The highest BCUT2D eigenvalue weighted by Gasteiger charge is 2.22. The number of hydrogen-bond donors (Lipinski definition) is 0. The van der Waals surface area contributed by atoms with Crippen molar-refractivity contribution in [2.75, 3.05) is 47.5 Å². The Kier molecular flexibility index (Phi) is 57.8. The van der Waals surface area contributed by atoms with E-state index in [1.165, 1.54) is 141 Å². The standard InChI is InChI=1S/C70H122NO8P/c1-6-8-10-12-14-16-18-20-22-24-26-28-30-32-34-35-37-39-41-43-45-47-49-51-53-55-57-59-61-63-70(73)79-68(67-78-80(74,75)77-65-64-71(3,4)5)66-76-69(72)62-60-58-56-54-52-50-48-46-44-42-40-38-36-33-31-29-27-25-23-21-19-17-15-13-11-9-7-2/h8,10,14,16,19-22,25-28,32,34,37,39,43,45,68H,6-7,9,11-13,15,17-18,23-24,29-31,33,35-36,38,40-42,44,46-67H2,1-5H3/b10-8-,16-14-,21-19-,22-20-,27-25-,28-26-,34-32-,39-37-,45-43-. The maximum Gasteiger partial charge on any atom is 0.306 e. The largest absolute Gasteiger partial charge is 0.756 e. The SMILES string of the molecule is CC/C=C\C/C=C\C/C=C\C/C=C\C/C=C\C/C=C\C/C=C\CCCCCCCCCC(=O)OC(COC(=O)CCCCCCCCCCCCCCCCC/C=C\C/C=C\CCCCCCC)COP(=O)([O-])OCC[N+](C)(C)C. The predicted molar refractivity (Wildman–Crippen MR) is 342 cm³/mol. The number of carbonyl (C=O) groups is 2. The molecule has 0 aliphatic carbocycles. The molecule has 0 aromatic rings. The first-order chi connectivity index (χ1) is 39.0. The van der Waals surface area contributed by atoms with Crippen molar-refractivity contribution in [3.05, 3.63) is 109 Å². The Morgan fingerprint density at radius 3 is 1.06 bits per heavy atom. The van der Waals surface area contributed by atoms with Gasteiger partial charge in [0.2, 0.25) is 0 Å². The third-order valence-corrected chi connectivity index (χ3v) is 14.7. The van der Waals surface area contributed by atoms with Crippen LogP contribution in [0.1, 0.15) is 271 Å². The van der Waals surface area contributed by atoms with E-state index in [4.69, 9.17) is 18.5 Å². The van der Waals surface area contributed by atoms with Gasteiger partial charge < -0.3 is 27.9 Å². The lowest BCUT2D eigenvalue weighted by molar-refractivity contribution is -0.870. The summed E-state index contributed by atoms with van der Waals surface area (Å²) < 4.78 is 34.3. The molecule has 0 heterocycles. The van der Waals surface area contributed by atoms with Gasteiger partial charge >= 0.3 is 11.9 Å². The predicted octanol–water partition coefficient (Wildman–Crippen LogP) is 20.3. The topological polar surface area (TPSA) is 111 Å². The first kappa shape index (κ1) is 76.7. The monoisotopic (exact) mass is 1140 g/mol. The van der Waals surface area contributed by atoms with Gasteiger partial charge in [0.25, 0.3) is 7.82 Å². The van der Waals surface area contributed by atoms with Crippen LogP contribution in [0.15, 0.2) is 109 Å². The van der Waals surface area contributed by atoms with Crippen LogP contribution in [-0.2, 0) is 32.7 Å². The van der Waals surface area contributed by atoms with Gasteiger partial charge in [0, 0.05) is 12.8 Å². The van der Waals surface area contributed by atoms with Gasteiger partial charge in [-0.1, -0.05) is 264 Å². The van der Waals surface area contributed by atoms with Crippen molar-refractivity contribution in [2.45, 2.75) is 277 Å². The van der Waals surface area contributed by atoms with Crippen LogP contribution in [0.3, 0.4) is 0 Å². The molecule has 0 aliphatic rings. The molecule has 0 bridgehead atoms. The molecule has 0 aromatic carbocycles. The summed E-state index contributed by atoms with van der Waals surface area (Å²) >= 11 is 0. The molecule has 10 heteroatoms. The average Bonchev–Trinajstić information content (AvgIpc) is 3.42. The van der Waals surface area contributed by atoms with Crippen molar-refractivity contribution in [3.8, 4) is 0 Å². The molecule has 80 heavy (non-hydrogen) atoms. The fraction of sp³-hybridized carbons (Fsp3) is 0.714. The fourth-order valence-corrected chi connectivity index (χ4v) is 9.51. The van der Waals surface area contributed by atoms with E-state index >= 15 is 0 Å². The third-order valence-electron chi connectivity index (χ3n) is 13.8. The van der Waals surface area contributed by atoms with E-state index < -0.39 is 26.5 Å². The molecule has 0 aliphatic heterocycles. The summed E-state index contributed by atoms with van der Waals surface area (Å²) in [7, 11) is 1.15. The highest BCUT2D eigenvalue weighted by molar-refractivity contribution is 7.45. The molecule has 0 spiro atoms. The summed E-state index contributed by atoms with van der Waals surface area (Å²) in [6.07, 6.45) is 84.3. The molecule has 2 unspecified atom stereocenters. The van der Waals surface area contributed by atoms with Gasteiger partial charge in [0.15, 0.2) is 6.10 Å². The normalized spacial score (nSPS) is 13.9. The summed E-state index contributed by atoms with van der Waals surface area (Å²) in [4.78, 5) is 38.0. The lowest BCUT2D eigenvalue weighted by atomic mass is 10.0. The summed E-state index contributed by atoms with van der Waals surface area (Å²) in [5, 5.41) is 0. The van der Waals surface area contributed by atoms with Gasteiger partial charge in [0.05, 0.1) is 27.7 Å². The number of phosphoric acid groups is 1. The number of rotatable bonds is 59. The fourth-order valence-electron chi connectivity index (χ4n) is 8.79. The minimum absolute atomic E-state index is 0.0380. The number of unbranched alkanes of at least 4 members (excludes halogenated alkanes) is 27. The Bertz CT molecular complexity index is 1720. The summed E-state index contributed by atoms with van der Waals surface area (Å²) in [5.74, 6) is -0.846. The first-order valence-corrected chi connectivity index (χ1v) is 34.1. The Balaban J connectivity index is 4.15. The van der Waals surface area contributed by atoms with Crippen LogP contribution >= 0.6 is 7.82 Å². The number of carbonyl (C=O) groups excluding carboxylic acids is 2. The van der Waals surface area contributed by atoms with E-state index in [-0.39, 0.29) is 32.0 Å². The maximum atomic E-state index is 12.8. The third kappa shape index (κ3) is 63.8. The van der Waals surface area contributed by atoms with Crippen molar-refractivity contribution in [2.24, 2.45) is 0 Å². The Hall–Kier alpha value is -3.33. The van der Waals surface area contributed by atoms with E-state index in [9.17, 15) is 19.0 Å². The van der Waals surface area contributed by atoms with Crippen molar-refractivity contribution >= 4 is 19.8 Å². The summed E-state index contributed by atoms with van der Waals surface area (Å²) in [6, 6.07) is 0. The van der Waals surface area contributed by atoms with Crippen molar-refractivity contribution < 1.29 is 42.1 Å². The van der Waals surface area contributed by atoms with E-state index in [1.807, 2.05) is 21.1 Å². The number of phosphoric ester groups is 1. The van der Waals surface area contributed by atoms with Crippen LogP contribution in [0.25, 0.3) is 0 Å². The summed E-state index contributed by atoms with van der Waals surface area (Å²) in [6.45, 7) is 4.11. The van der Waals surface area contributed by atoms with E-state index in [0.29, 0.717) is 17.4 Å². The van der Waals surface area contributed by atoms with Crippen molar-refractivity contribution in [1.29, 1.82) is 0 Å². The zero-order valence-electron chi connectivity index (χ0n) is 52.2. The Morgan fingerprint density at radius 2 is 0.713 bits per heavy atom. The number of allylic oxidation sites excluding steroid dienone is 18. The minimum Gasteiger partial charge on any atom is -0.756 e. The zero-order chi connectivity index (χ0) is 58.4. The molecule has 0 saturated carbocycles. The number of hydrogen-bond acceptors (Lipinski definition) is 8. The Labute approximate surface area is 493 Å². The lowest BCUT2D eigenvalue weighted by Crippen LogP contribution is -2.37. The van der Waals surface area contributed by atoms with Crippen LogP contribution in [0.2, 0.25) is 0 Å². The smallest absolute Gasteiger partial charge is 0.306 e. The average molecular weight is 1140 g/mol. The highest BCUT2D eigenvalue weighted by Crippen LogP contribution is 2.38. The highest BCUT2D eigenvalue weighted by atomic mass is 31.2. The van der Waals surface area contributed by atoms with Gasteiger partial charge in [-0.15, -0.1) is 0 Å². The molecule has 0 aromatic heterocycles. The summed E-state index contributed by atoms with van der Waals surface area (Å²) in [5.41, 5.74) is 0. The Morgan fingerprint density at radius 1 is 0.400 bits per heavy atom. The minimum atomic E-state index is -4.65. The second-order valence-corrected chi connectivity index (χ2v) is 24.2. The van der Waals surface area contributed by atoms with Crippen LogP contribution < -0.4 is 4.89 Å². The first-order valence-electron chi connectivity index (χ1n) is 32.6. The molecule has 0 rings (SSSR count). The van der Waals surface area contributed by atoms with Crippen LogP contribution in [0, 0.1) is 0 Å². The molecular weight excluding hydrogens is 1010 g/mol. The molecule has 0 radical (unpaired) electrons. The van der Waals surface area contributed by atoms with Gasteiger partial charge in [0.1, 0.15) is 19.8 Å². The second kappa shape index (κ2) is 60.3. The number of esters is 2. The van der Waals surface area contributed by atoms with Gasteiger partial charge in [-0.3, -0.25) is 14.2 Å². The van der Waals surface area contributed by atoms with Crippen LogP contribution in [0.4, 0.5) is 0 Å². The van der Waals surface area contributed by atoms with Crippen LogP contribution in [0.5, 0.6) is 0 Å². The van der Waals surface area contributed by atoms with Gasteiger partial charge in [-0.05, 0) is 103 Å². The molecule has 0 fully saturated rings. The lowest BCUT2D eigenvalue weighted by Gasteiger charge is -2.28. The molecule has 0 N–H and O–H groups in total. The molecule has 2 atom stereocenters. The zero-order valence-corrected chi connectivity index (χ0v) is 53.1.